The molecular weight excluding hydrogens is 278 g/mol. The summed E-state index contributed by atoms with van der Waals surface area (Å²) in [6.45, 7) is -0.0651. The van der Waals surface area contributed by atoms with Crippen molar-refractivity contribution in [1.82, 2.24) is 0 Å². The molecule has 2 N–H and O–H groups in total. The maximum Gasteiger partial charge on any atom is 0.466 e. The van der Waals surface area contributed by atoms with Crippen LogP contribution in [0.15, 0.2) is 35.5 Å². The van der Waals surface area contributed by atoms with Gasteiger partial charge in [0.25, 0.3) is 0 Å². The van der Waals surface area contributed by atoms with Crippen LogP contribution in [0.1, 0.15) is 5.56 Å². The van der Waals surface area contributed by atoms with Crippen LogP contribution in [0.4, 0.5) is 0 Å². The molecule has 0 saturated carbocycles. The van der Waals surface area contributed by atoms with Crippen LogP contribution in [0.25, 0.3) is 0 Å². The molecule has 0 radical (unpaired) electrons. The molecule has 6 nitrogen and oxygen atoms in total. The van der Waals surface area contributed by atoms with E-state index in [4.69, 9.17) is 9.66 Å². The van der Waals surface area contributed by atoms with E-state index in [9.17, 15) is 8.42 Å². The van der Waals surface area contributed by atoms with Gasteiger partial charge < -0.3 is 5.11 Å². The second-order valence-electron chi connectivity index (χ2n) is 3.22. The molecule has 0 saturated heterocycles. The van der Waals surface area contributed by atoms with Gasteiger partial charge in [0.05, 0.1) is 6.61 Å². The largest absolute Gasteiger partial charge is 0.466 e. The molecule has 0 unspecified atom stereocenters. The van der Waals surface area contributed by atoms with Gasteiger partial charge in [0.1, 0.15) is 5.04 Å². The summed E-state index contributed by atoms with van der Waals surface area (Å²) in [6, 6.07) is 9.24. The van der Waals surface area contributed by atoms with Crippen molar-refractivity contribution in [3.8, 4) is 0 Å². The quantitative estimate of drug-likeness (QED) is 0.352. The van der Waals surface area contributed by atoms with Gasteiger partial charge >= 0.3 is 10.4 Å². The third-order valence-electron chi connectivity index (χ3n) is 1.79. The molecule has 1 rings (SSSR count). The number of nitrogens with zero attached hydrogens (tertiary/aromatic N) is 1. The number of rotatable bonds is 6. The first-order valence-corrected chi connectivity index (χ1v) is 7.37. The summed E-state index contributed by atoms with van der Waals surface area (Å²) in [5.74, 6) is 0.362. The molecule has 0 fully saturated rings. The van der Waals surface area contributed by atoms with Gasteiger partial charge in [-0.2, -0.15) is 8.42 Å². The minimum Gasteiger partial charge on any atom is -0.396 e. The average molecular weight is 291 g/mol. The van der Waals surface area contributed by atoms with Crippen molar-refractivity contribution in [2.75, 3.05) is 12.4 Å². The fourth-order valence-corrected chi connectivity index (χ4v) is 2.05. The highest BCUT2D eigenvalue weighted by molar-refractivity contribution is 8.13. The third kappa shape index (κ3) is 6.60. The Kier molecular flexibility index (Phi) is 6.13. The molecule has 0 aliphatic carbocycles. The number of oxime groups is 1. The third-order valence-corrected chi connectivity index (χ3v) is 2.99. The summed E-state index contributed by atoms with van der Waals surface area (Å²) in [4.78, 5) is 0. The average Bonchev–Trinajstić information content (AvgIpc) is 2.33. The molecule has 100 valence electrons. The summed E-state index contributed by atoms with van der Waals surface area (Å²) in [5, 5.41) is 12.4. The highest BCUT2D eigenvalue weighted by Gasteiger charge is 2.08. The van der Waals surface area contributed by atoms with Gasteiger partial charge in [-0.15, -0.1) is 11.8 Å². The van der Waals surface area contributed by atoms with Gasteiger partial charge in [-0.1, -0.05) is 35.5 Å². The number of hydrogen-bond donors (Lipinski definition) is 2. The van der Waals surface area contributed by atoms with Gasteiger partial charge in [0, 0.05) is 12.2 Å². The monoisotopic (exact) mass is 291 g/mol. The first-order valence-electron chi connectivity index (χ1n) is 5.02. The van der Waals surface area contributed by atoms with Crippen LogP contribution in [0, 0.1) is 0 Å². The van der Waals surface area contributed by atoms with E-state index < -0.39 is 10.4 Å². The molecule has 0 bridgehead atoms. The molecule has 0 aliphatic heterocycles. The molecule has 0 aliphatic rings. The van der Waals surface area contributed by atoms with Crippen LogP contribution in [0.2, 0.25) is 0 Å². The fraction of sp³-hybridized carbons (Fsp3) is 0.300. The molecule has 1 aromatic rings. The maximum absolute atomic E-state index is 10.4. The van der Waals surface area contributed by atoms with Gasteiger partial charge in [0.2, 0.25) is 0 Å². The maximum atomic E-state index is 10.4. The Morgan fingerprint density at radius 2 is 2.00 bits per heavy atom. The van der Waals surface area contributed by atoms with E-state index >= 15 is 0 Å². The number of thioether (sulfide) groups is 1. The summed E-state index contributed by atoms with van der Waals surface area (Å²) in [6.07, 6.45) is 0.362. The zero-order chi connectivity index (χ0) is 13.4. The van der Waals surface area contributed by atoms with Crippen molar-refractivity contribution in [3.05, 3.63) is 35.9 Å². The second-order valence-corrected chi connectivity index (χ2v) is 5.39. The topological polar surface area (TPSA) is 96.2 Å². The van der Waals surface area contributed by atoms with Crippen molar-refractivity contribution >= 4 is 27.2 Å². The Bertz CT molecular complexity index is 486. The summed E-state index contributed by atoms with van der Waals surface area (Å²) in [5.41, 5.74) is 0.917. The number of aliphatic hydroxyl groups is 1. The lowest BCUT2D eigenvalue weighted by Gasteiger charge is -2.04. The van der Waals surface area contributed by atoms with E-state index in [1.807, 2.05) is 30.3 Å². The van der Waals surface area contributed by atoms with Crippen molar-refractivity contribution < 1.29 is 22.4 Å². The van der Waals surface area contributed by atoms with Crippen molar-refractivity contribution in [3.63, 3.8) is 0 Å². The summed E-state index contributed by atoms with van der Waals surface area (Å²) in [7, 11) is -4.60. The Hall–Kier alpha value is -1.09. The van der Waals surface area contributed by atoms with Crippen LogP contribution in [-0.4, -0.2) is 35.5 Å². The molecule has 0 amide bonds. The zero-order valence-electron chi connectivity index (χ0n) is 9.39. The Labute approximate surface area is 110 Å². The highest BCUT2D eigenvalue weighted by atomic mass is 32.3. The Balaban J connectivity index is 2.72. The fourth-order valence-electron chi connectivity index (χ4n) is 1.13. The lowest BCUT2D eigenvalue weighted by molar-refractivity contribution is 0.283. The molecule has 0 heterocycles. The summed E-state index contributed by atoms with van der Waals surface area (Å²) >= 11 is 1.16. The summed E-state index contributed by atoms with van der Waals surface area (Å²) < 4.78 is 33.3. The van der Waals surface area contributed by atoms with Crippen LogP contribution >= 0.6 is 11.8 Å². The lowest BCUT2D eigenvalue weighted by atomic mass is 10.2. The predicted molar refractivity (Wildman–Crippen MR) is 69.8 cm³/mol. The van der Waals surface area contributed by atoms with E-state index in [-0.39, 0.29) is 6.61 Å². The molecule has 18 heavy (non-hydrogen) atoms. The van der Waals surface area contributed by atoms with E-state index in [1.54, 1.807) is 0 Å². The molecule has 0 aromatic heterocycles. The van der Waals surface area contributed by atoms with Crippen molar-refractivity contribution in [2.45, 2.75) is 6.42 Å². The van der Waals surface area contributed by atoms with Crippen LogP contribution in [0.3, 0.4) is 0 Å². The molecular formula is C10H13NO5S2. The van der Waals surface area contributed by atoms with Gasteiger partial charge in [-0.25, -0.2) is 4.28 Å². The van der Waals surface area contributed by atoms with Gasteiger partial charge in [-0.3, -0.25) is 4.55 Å². The lowest BCUT2D eigenvalue weighted by Crippen LogP contribution is -2.05. The van der Waals surface area contributed by atoms with Crippen LogP contribution in [0.5, 0.6) is 0 Å². The Morgan fingerprint density at radius 1 is 1.33 bits per heavy atom. The van der Waals surface area contributed by atoms with E-state index in [0.29, 0.717) is 17.2 Å². The first-order chi connectivity index (χ1) is 8.51. The molecule has 1 aromatic carbocycles. The van der Waals surface area contributed by atoms with E-state index in [1.165, 1.54) is 0 Å². The zero-order valence-corrected chi connectivity index (χ0v) is 11.0. The van der Waals surface area contributed by atoms with Crippen LogP contribution in [-0.2, 0) is 21.1 Å². The standard InChI is InChI=1S/C10H13NO5S2/c12-6-7-17-10(11-16-18(13,14)15)8-9-4-2-1-3-5-9/h1-5,12H,6-8H2,(H,13,14,15)/b11-10-. The number of benzene rings is 1. The van der Waals surface area contributed by atoms with Crippen molar-refractivity contribution in [1.29, 1.82) is 0 Å². The number of aliphatic hydroxyl groups excluding tert-OH is 1. The van der Waals surface area contributed by atoms with E-state index in [0.717, 1.165) is 17.3 Å². The smallest absolute Gasteiger partial charge is 0.396 e. The van der Waals surface area contributed by atoms with Gasteiger partial charge in [0.15, 0.2) is 0 Å². The first kappa shape index (κ1) is 15.0. The minimum absolute atomic E-state index is 0.0651. The van der Waals surface area contributed by atoms with Crippen LogP contribution < -0.4 is 0 Å². The molecule has 8 heteroatoms. The second kappa shape index (κ2) is 7.37. The number of hydrogen-bond acceptors (Lipinski definition) is 6. The minimum atomic E-state index is -4.60. The van der Waals surface area contributed by atoms with Crippen molar-refractivity contribution in [2.24, 2.45) is 5.16 Å². The van der Waals surface area contributed by atoms with Gasteiger partial charge in [-0.05, 0) is 5.56 Å². The molecule has 0 atom stereocenters. The van der Waals surface area contributed by atoms with E-state index in [2.05, 4.69) is 9.44 Å². The predicted octanol–water partition coefficient (Wildman–Crippen LogP) is 1.09. The molecule has 0 spiro atoms. The Morgan fingerprint density at radius 3 is 2.56 bits per heavy atom. The highest BCUT2D eigenvalue weighted by Crippen LogP contribution is 2.11. The SMILES string of the molecule is O=S(=O)(O)O/N=C(/Cc1ccccc1)SCCO. The normalized spacial score (nSPS) is 12.4.